The highest BCUT2D eigenvalue weighted by Gasteiger charge is 2.14. The molecule has 1 amide bonds. The highest BCUT2D eigenvalue weighted by atomic mass is 32.2. The number of aromatic nitrogens is 4. The first kappa shape index (κ1) is 18.2. The zero-order valence-electron chi connectivity index (χ0n) is 14.8. The normalized spacial score (nSPS) is 11.0. The first-order valence-electron chi connectivity index (χ1n) is 8.48. The van der Waals surface area contributed by atoms with Gasteiger partial charge in [0.25, 0.3) is 5.89 Å². The molecule has 3 rings (SSSR count). The Hall–Kier alpha value is -2.61. The van der Waals surface area contributed by atoms with E-state index < -0.39 is 0 Å². The minimum Gasteiger partial charge on any atom is -0.401 e. The standard InChI is InChI=1S/C18H21N5O2S/c1-13(2)23-11-10-15(22-23)17-20-21-18(25-17)19-16(24)9-6-12-26-14-7-4-3-5-8-14/h3-5,7-8,10-11,13H,6,9,12H2,1-2H3,(H,19,21,24). The number of nitrogens with one attached hydrogen (secondary N) is 1. The van der Waals surface area contributed by atoms with Crippen LogP contribution in [0, 0.1) is 0 Å². The van der Waals surface area contributed by atoms with E-state index in [-0.39, 0.29) is 18.0 Å². The molecule has 26 heavy (non-hydrogen) atoms. The minimum atomic E-state index is -0.137. The molecular weight excluding hydrogens is 350 g/mol. The molecule has 1 aromatic carbocycles. The van der Waals surface area contributed by atoms with Gasteiger partial charge in [0.1, 0.15) is 5.69 Å². The van der Waals surface area contributed by atoms with Gasteiger partial charge in [0, 0.05) is 23.6 Å². The van der Waals surface area contributed by atoms with Crippen molar-refractivity contribution >= 4 is 23.7 Å². The average molecular weight is 371 g/mol. The fraction of sp³-hybridized carbons (Fsp3) is 0.333. The minimum absolute atomic E-state index is 0.0970. The number of rotatable bonds is 8. The molecule has 0 aliphatic heterocycles. The highest BCUT2D eigenvalue weighted by molar-refractivity contribution is 7.99. The third kappa shape index (κ3) is 4.95. The lowest BCUT2D eigenvalue weighted by Gasteiger charge is -2.02. The summed E-state index contributed by atoms with van der Waals surface area (Å²) in [5.74, 6) is 1.03. The molecule has 8 heteroatoms. The van der Waals surface area contributed by atoms with E-state index in [1.165, 1.54) is 4.90 Å². The van der Waals surface area contributed by atoms with Gasteiger partial charge in [0.15, 0.2) is 0 Å². The summed E-state index contributed by atoms with van der Waals surface area (Å²) in [6.07, 6.45) is 3.03. The summed E-state index contributed by atoms with van der Waals surface area (Å²) < 4.78 is 7.28. The maximum atomic E-state index is 12.0. The van der Waals surface area contributed by atoms with Gasteiger partial charge in [-0.25, -0.2) is 0 Å². The maximum absolute atomic E-state index is 12.0. The topological polar surface area (TPSA) is 85.8 Å². The van der Waals surface area contributed by atoms with E-state index >= 15 is 0 Å². The van der Waals surface area contributed by atoms with Crippen molar-refractivity contribution in [2.75, 3.05) is 11.1 Å². The quantitative estimate of drug-likeness (QED) is 0.475. The van der Waals surface area contributed by atoms with E-state index in [0.717, 1.165) is 12.2 Å². The molecule has 0 aliphatic rings. The molecule has 7 nitrogen and oxygen atoms in total. The first-order chi connectivity index (χ1) is 12.6. The molecule has 0 saturated carbocycles. The van der Waals surface area contributed by atoms with E-state index in [1.54, 1.807) is 17.8 Å². The lowest BCUT2D eigenvalue weighted by Crippen LogP contribution is -2.11. The zero-order chi connectivity index (χ0) is 18.4. The number of nitrogens with zero attached hydrogens (tertiary/aromatic N) is 4. The summed E-state index contributed by atoms with van der Waals surface area (Å²) in [4.78, 5) is 13.2. The smallest absolute Gasteiger partial charge is 0.322 e. The Balaban J connectivity index is 1.45. The van der Waals surface area contributed by atoms with Crippen LogP contribution in [0.5, 0.6) is 0 Å². The van der Waals surface area contributed by atoms with Gasteiger partial charge in [-0.15, -0.1) is 16.9 Å². The maximum Gasteiger partial charge on any atom is 0.322 e. The number of amides is 1. The van der Waals surface area contributed by atoms with Crippen LogP contribution in [0.3, 0.4) is 0 Å². The molecular formula is C18H21N5O2S. The van der Waals surface area contributed by atoms with Gasteiger partial charge in [0.05, 0.1) is 0 Å². The summed E-state index contributed by atoms with van der Waals surface area (Å²) in [5, 5.41) is 14.8. The number of thioether (sulfide) groups is 1. The SMILES string of the molecule is CC(C)n1ccc(-c2nnc(NC(=O)CCCSc3ccccc3)o2)n1. The summed E-state index contributed by atoms with van der Waals surface area (Å²) in [6.45, 7) is 4.07. The van der Waals surface area contributed by atoms with Crippen molar-refractivity contribution in [3.05, 3.63) is 42.6 Å². The molecule has 136 valence electrons. The molecule has 0 spiro atoms. The summed E-state index contributed by atoms with van der Waals surface area (Å²) in [6, 6.07) is 12.3. The number of hydrogen-bond donors (Lipinski definition) is 1. The zero-order valence-corrected chi connectivity index (χ0v) is 15.6. The molecule has 0 unspecified atom stereocenters. The Labute approximate surface area is 156 Å². The fourth-order valence-corrected chi connectivity index (χ4v) is 3.11. The second kappa shape index (κ2) is 8.66. The van der Waals surface area contributed by atoms with Crippen LogP contribution in [0.1, 0.15) is 32.7 Å². The Kier molecular flexibility index (Phi) is 6.06. The van der Waals surface area contributed by atoms with Crippen LogP contribution in [0.2, 0.25) is 0 Å². The van der Waals surface area contributed by atoms with Crippen LogP contribution in [-0.4, -0.2) is 31.6 Å². The molecule has 2 aromatic heterocycles. The summed E-state index contributed by atoms with van der Waals surface area (Å²) >= 11 is 1.73. The molecule has 0 fully saturated rings. The number of hydrogen-bond acceptors (Lipinski definition) is 6. The average Bonchev–Trinajstić information content (AvgIpc) is 3.29. The Morgan fingerprint density at radius 3 is 2.77 bits per heavy atom. The van der Waals surface area contributed by atoms with Gasteiger partial charge in [-0.05, 0) is 44.2 Å². The van der Waals surface area contributed by atoms with Crippen LogP contribution in [0.25, 0.3) is 11.6 Å². The molecule has 0 atom stereocenters. The van der Waals surface area contributed by atoms with E-state index in [1.807, 2.05) is 42.9 Å². The van der Waals surface area contributed by atoms with Crippen molar-refractivity contribution < 1.29 is 9.21 Å². The van der Waals surface area contributed by atoms with Gasteiger partial charge in [-0.2, -0.15) is 5.10 Å². The molecule has 0 bridgehead atoms. The monoisotopic (exact) mass is 371 g/mol. The number of carbonyl (C=O) groups is 1. The predicted octanol–water partition coefficient (Wildman–Crippen LogP) is 4.03. The Bertz CT molecular complexity index is 844. The van der Waals surface area contributed by atoms with Gasteiger partial charge in [0.2, 0.25) is 5.91 Å². The van der Waals surface area contributed by atoms with Crippen LogP contribution < -0.4 is 5.32 Å². The third-order valence-electron chi connectivity index (χ3n) is 3.59. The highest BCUT2D eigenvalue weighted by Crippen LogP contribution is 2.20. The largest absolute Gasteiger partial charge is 0.401 e. The van der Waals surface area contributed by atoms with Crippen LogP contribution in [-0.2, 0) is 4.79 Å². The van der Waals surface area contributed by atoms with E-state index in [4.69, 9.17) is 4.42 Å². The third-order valence-corrected chi connectivity index (χ3v) is 4.69. The van der Waals surface area contributed by atoms with Gasteiger partial charge < -0.3 is 4.42 Å². The molecule has 0 aliphatic carbocycles. The predicted molar refractivity (Wildman–Crippen MR) is 101 cm³/mol. The summed E-state index contributed by atoms with van der Waals surface area (Å²) in [5.41, 5.74) is 0.589. The lowest BCUT2D eigenvalue weighted by atomic mass is 10.3. The fourth-order valence-electron chi connectivity index (χ4n) is 2.24. The van der Waals surface area contributed by atoms with Gasteiger partial charge in [-0.3, -0.25) is 14.8 Å². The van der Waals surface area contributed by atoms with Crippen molar-refractivity contribution in [1.29, 1.82) is 0 Å². The van der Waals surface area contributed by atoms with Crippen molar-refractivity contribution in [3.8, 4) is 11.6 Å². The molecule has 3 aromatic rings. The van der Waals surface area contributed by atoms with Crippen molar-refractivity contribution in [1.82, 2.24) is 20.0 Å². The van der Waals surface area contributed by atoms with Gasteiger partial charge >= 0.3 is 6.01 Å². The summed E-state index contributed by atoms with van der Waals surface area (Å²) in [7, 11) is 0. The second-order valence-electron chi connectivity index (χ2n) is 6.00. The number of benzene rings is 1. The molecule has 2 heterocycles. The van der Waals surface area contributed by atoms with Crippen LogP contribution >= 0.6 is 11.8 Å². The van der Waals surface area contributed by atoms with Crippen molar-refractivity contribution in [3.63, 3.8) is 0 Å². The number of anilines is 1. The van der Waals surface area contributed by atoms with Crippen molar-refractivity contribution in [2.24, 2.45) is 0 Å². The van der Waals surface area contributed by atoms with Crippen LogP contribution in [0.4, 0.5) is 6.01 Å². The van der Waals surface area contributed by atoms with Crippen LogP contribution in [0.15, 0.2) is 51.9 Å². The Morgan fingerprint density at radius 1 is 1.23 bits per heavy atom. The number of carbonyl (C=O) groups excluding carboxylic acids is 1. The second-order valence-corrected chi connectivity index (χ2v) is 7.17. The molecule has 1 N–H and O–H groups in total. The van der Waals surface area contributed by atoms with Gasteiger partial charge in [-0.1, -0.05) is 23.3 Å². The Morgan fingerprint density at radius 2 is 2.04 bits per heavy atom. The van der Waals surface area contributed by atoms with E-state index in [9.17, 15) is 4.79 Å². The van der Waals surface area contributed by atoms with E-state index in [0.29, 0.717) is 18.0 Å². The van der Waals surface area contributed by atoms with Crippen molar-refractivity contribution in [2.45, 2.75) is 37.6 Å². The molecule has 0 saturated heterocycles. The molecule has 0 radical (unpaired) electrons. The lowest BCUT2D eigenvalue weighted by molar-refractivity contribution is -0.116. The first-order valence-corrected chi connectivity index (χ1v) is 9.47. The van der Waals surface area contributed by atoms with E-state index in [2.05, 4.69) is 32.7 Å².